The van der Waals surface area contributed by atoms with Gasteiger partial charge in [0.1, 0.15) is 11.4 Å². The molecule has 0 aliphatic carbocycles. The SMILES string of the molecule is COc1ccc(Cl)c(-c2cccc(C(=O)O)n2)c1. The summed E-state index contributed by atoms with van der Waals surface area (Å²) in [5.74, 6) is -0.437. The number of rotatable bonds is 3. The van der Waals surface area contributed by atoms with Crippen LogP contribution in [0.15, 0.2) is 36.4 Å². The molecule has 18 heavy (non-hydrogen) atoms. The van der Waals surface area contributed by atoms with Crippen molar-refractivity contribution in [2.24, 2.45) is 0 Å². The normalized spacial score (nSPS) is 10.1. The van der Waals surface area contributed by atoms with Gasteiger partial charge in [-0.2, -0.15) is 0 Å². The highest BCUT2D eigenvalue weighted by molar-refractivity contribution is 6.33. The van der Waals surface area contributed by atoms with Crippen LogP contribution in [-0.2, 0) is 0 Å². The van der Waals surface area contributed by atoms with E-state index in [0.29, 0.717) is 22.0 Å². The molecule has 2 rings (SSSR count). The van der Waals surface area contributed by atoms with Crippen molar-refractivity contribution in [1.82, 2.24) is 4.98 Å². The second kappa shape index (κ2) is 5.06. The van der Waals surface area contributed by atoms with E-state index in [0.717, 1.165) is 0 Å². The number of aromatic carboxylic acids is 1. The molecule has 0 atom stereocenters. The van der Waals surface area contributed by atoms with Crippen LogP contribution in [0.2, 0.25) is 5.02 Å². The number of methoxy groups -OCH3 is 1. The van der Waals surface area contributed by atoms with Crippen molar-refractivity contribution < 1.29 is 14.6 Å². The van der Waals surface area contributed by atoms with Crippen LogP contribution >= 0.6 is 11.6 Å². The van der Waals surface area contributed by atoms with E-state index >= 15 is 0 Å². The molecule has 0 unspecified atom stereocenters. The lowest BCUT2D eigenvalue weighted by atomic mass is 10.1. The number of nitrogens with zero attached hydrogens (tertiary/aromatic N) is 1. The zero-order valence-corrected chi connectivity index (χ0v) is 10.3. The average Bonchev–Trinajstić information content (AvgIpc) is 2.39. The number of hydrogen-bond acceptors (Lipinski definition) is 3. The predicted molar refractivity (Wildman–Crippen MR) is 68.2 cm³/mol. The maximum absolute atomic E-state index is 10.9. The van der Waals surface area contributed by atoms with E-state index in [4.69, 9.17) is 21.4 Å². The monoisotopic (exact) mass is 263 g/mol. The molecule has 0 saturated heterocycles. The van der Waals surface area contributed by atoms with E-state index in [-0.39, 0.29) is 5.69 Å². The van der Waals surface area contributed by atoms with E-state index < -0.39 is 5.97 Å². The highest BCUT2D eigenvalue weighted by atomic mass is 35.5. The molecule has 92 valence electrons. The van der Waals surface area contributed by atoms with Gasteiger partial charge in [0, 0.05) is 5.56 Å². The van der Waals surface area contributed by atoms with Crippen molar-refractivity contribution in [1.29, 1.82) is 0 Å². The van der Waals surface area contributed by atoms with Crippen molar-refractivity contribution in [2.75, 3.05) is 7.11 Å². The van der Waals surface area contributed by atoms with E-state index in [1.165, 1.54) is 6.07 Å². The van der Waals surface area contributed by atoms with Crippen molar-refractivity contribution >= 4 is 17.6 Å². The van der Waals surface area contributed by atoms with Gasteiger partial charge in [-0.15, -0.1) is 0 Å². The quantitative estimate of drug-likeness (QED) is 0.924. The minimum atomic E-state index is -1.07. The minimum Gasteiger partial charge on any atom is -0.497 e. The number of halogens is 1. The minimum absolute atomic E-state index is 0.0219. The molecule has 0 aliphatic heterocycles. The van der Waals surface area contributed by atoms with Gasteiger partial charge in [0.05, 0.1) is 17.8 Å². The molecule has 4 nitrogen and oxygen atoms in total. The smallest absolute Gasteiger partial charge is 0.354 e. The Bertz CT molecular complexity index is 599. The van der Waals surface area contributed by atoms with Crippen molar-refractivity contribution in [3.8, 4) is 17.0 Å². The fourth-order valence-corrected chi connectivity index (χ4v) is 1.75. The van der Waals surface area contributed by atoms with Gasteiger partial charge in [-0.3, -0.25) is 0 Å². The van der Waals surface area contributed by atoms with Crippen LogP contribution in [0.4, 0.5) is 0 Å². The second-order valence-electron chi connectivity index (χ2n) is 3.56. The first-order valence-electron chi connectivity index (χ1n) is 5.16. The van der Waals surface area contributed by atoms with Crippen LogP contribution in [0.5, 0.6) is 5.75 Å². The summed E-state index contributed by atoms with van der Waals surface area (Å²) in [6.07, 6.45) is 0. The molecular weight excluding hydrogens is 254 g/mol. The largest absolute Gasteiger partial charge is 0.497 e. The van der Waals surface area contributed by atoms with E-state index in [9.17, 15) is 4.79 Å². The van der Waals surface area contributed by atoms with E-state index in [2.05, 4.69) is 4.98 Å². The molecule has 0 spiro atoms. The zero-order valence-electron chi connectivity index (χ0n) is 9.55. The third kappa shape index (κ3) is 2.43. The first kappa shape index (κ1) is 12.4. The lowest BCUT2D eigenvalue weighted by molar-refractivity contribution is 0.0690. The Labute approximate surface area is 109 Å². The Balaban J connectivity index is 2.54. The van der Waals surface area contributed by atoms with Gasteiger partial charge in [0.2, 0.25) is 0 Å². The lowest BCUT2D eigenvalue weighted by Gasteiger charge is -2.07. The van der Waals surface area contributed by atoms with Gasteiger partial charge in [-0.1, -0.05) is 17.7 Å². The summed E-state index contributed by atoms with van der Waals surface area (Å²) in [7, 11) is 1.55. The zero-order chi connectivity index (χ0) is 13.1. The summed E-state index contributed by atoms with van der Waals surface area (Å²) in [6, 6.07) is 9.89. The maximum Gasteiger partial charge on any atom is 0.354 e. The fraction of sp³-hybridized carbons (Fsp3) is 0.0769. The standard InChI is InChI=1S/C13H10ClNO3/c1-18-8-5-6-10(14)9(7-8)11-3-2-4-12(15-11)13(16)17/h2-7H,1H3,(H,16,17). The summed E-state index contributed by atoms with van der Waals surface area (Å²) in [5, 5.41) is 9.40. The van der Waals surface area contributed by atoms with Crippen LogP contribution in [0, 0.1) is 0 Å². The van der Waals surface area contributed by atoms with Crippen molar-refractivity contribution in [3.05, 3.63) is 47.1 Å². The van der Waals surface area contributed by atoms with Gasteiger partial charge >= 0.3 is 5.97 Å². The molecule has 0 saturated carbocycles. The lowest BCUT2D eigenvalue weighted by Crippen LogP contribution is -2.00. The van der Waals surface area contributed by atoms with E-state index in [1.54, 1.807) is 37.4 Å². The molecule has 0 bridgehead atoms. The van der Waals surface area contributed by atoms with Crippen molar-refractivity contribution in [2.45, 2.75) is 0 Å². The molecule has 0 fully saturated rings. The van der Waals surface area contributed by atoms with E-state index in [1.807, 2.05) is 0 Å². The Hall–Kier alpha value is -2.07. The number of hydrogen-bond donors (Lipinski definition) is 1. The fourth-order valence-electron chi connectivity index (χ4n) is 1.53. The molecule has 5 heteroatoms. The number of carboxylic acid groups (broad SMARTS) is 1. The molecule has 2 aromatic rings. The first-order chi connectivity index (χ1) is 8.61. The molecule has 1 N–H and O–H groups in total. The number of carboxylic acids is 1. The predicted octanol–water partition coefficient (Wildman–Crippen LogP) is 3.11. The molecule has 1 aromatic carbocycles. The van der Waals surface area contributed by atoms with Crippen LogP contribution in [0.1, 0.15) is 10.5 Å². The Morgan fingerprint density at radius 3 is 2.78 bits per heavy atom. The highest BCUT2D eigenvalue weighted by Gasteiger charge is 2.10. The van der Waals surface area contributed by atoms with Gasteiger partial charge in [-0.25, -0.2) is 9.78 Å². The third-order valence-electron chi connectivity index (χ3n) is 2.42. The maximum atomic E-state index is 10.9. The summed E-state index contributed by atoms with van der Waals surface area (Å²) < 4.78 is 5.11. The van der Waals surface area contributed by atoms with Gasteiger partial charge in [-0.05, 0) is 30.3 Å². The second-order valence-corrected chi connectivity index (χ2v) is 3.97. The topological polar surface area (TPSA) is 59.4 Å². The molecule has 0 aliphatic rings. The molecule has 0 amide bonds. The summed E-state index contributed by atoms with van der Waals surface area (Å²) in [5.41, 5.74) is 1.12. The third-order valence-corrected chi connectivity index (χ3v) is 2.75. The summed E-state index contributed by atoms with van der Waals surface area (Å²) in [6.45, 7) is 0. The number of pyridine rings is 1. The first-order valence-corrected chi connectivity index (χ1v) is 5.54. The number of carbonyl (C=O) groups is 1. The molecule has 0 radical (unpaired) electrons. The highest BCUT2D eigenvalue weighted by Crippen LogP contribution is 2.30. The van der Waals surface area contributed by atoms with Gasteiger partial charge in [0.25, 0.3) is 0 Å². The Morgan fingerprint density at radius 2 is 2.11 bits per heavy atom. The van der Waals surface area contributed by atoms with Gasteiger partial charge in [0.15, 0.2) is 0 Å². The Kier molecular flexibility index (Phi) is 3.48. The summed E-state index contributed by atoms with van der Waals surface area (Å²) in [4.78, 5) is 14.9. The number of aromatic nitrogens is 1. The number of benzene rings is 1. The average molecular weight is 264 g/mol. The number of ether oxygens (including phenoxy) is 1. The van der Waals surface area contributed by atoms with Crippen LogP contribution in [-0.4, -0.2) is 23.2 Å². The van der Waals surface area contributed by atoms with Crippen molar-refractivity contribution in [3.63, 3.8) is 0 Å². The summed E-state index contributed by atoms with van der Waals surface area (Å²) >= 11 is 6.08. The molecule has 1 aromatic heterocycles. The molecular formula is C13H10ClNO3. The Morgan fingerprint density at radius 1 is 1.33 bits per heavy atom. The van der Waals surface area contributed by atoms with Crippen LogP contribution in [0.3, 0.4) is 0 Å². The van der Waals surface area contributed by atoms with Crippen LogP contribution < -0.4 is 4.74 Å². The van der Waals surface area contributed by atoms with Crippen LogP contribution in [0.25, 0.3) is 11.3 Å². The van der Waals surface area contributed by atoms with Gasteiger partial charge < -0.3 is 9.84 Å². The molecule has 1 heterocycles.